The summed E-state index contributed by atoms with van der Waals surface area (Å²) in [6.45, 7) is 1.87. The zero-order valence-electron chi connectivity index (χ0n) is 12.1. The van der Waals surface area contributed by atoms with Gasteiger partial charge in [0.2, 0.25) is 0 Å². The van der Waals surface area contributed by atoms with Crippen LogP contribution in [0.4, 0.5) is 10.8 Å². The molecule has 4 N–H and O–H groups in total. The van der Waals surface area contributed by atoms with Crippen molar-refractivity contribution < 1.29 is 9.59 Å². The Hall–Kier alpha value is -2.41. The fourth-order valence-corrected chi connectivity index (χ4v) is 2.55. The summed E-state index contributed by atoms with van der Waals surface area (Å²) in [5.74, 6) is -0.392. The highest BCUT2D eigenvalue weighted by molar-refractivity contribution is 7.17. The summed E-state index contributed by atoms with van der Waals surface area (Å²) >= 11 is 1.12. The van der Waals surface area contributed by atoms with E-state index in [0.717, 1.165) is 29.7 Å². The van der Waals surface area contributed by atoms with Crippen molar-refractivity contribution >= 4 is 34.0 Å². The summed E-state index contributed by atoms with van der Waals surface area (Å²) in [7, 11) is 0. The molecule has 0 unspecified atom stereocenters. The van der Waals surface area contributed by atoms with Gasteiger partial charge in [-0.25, -0.2) is 4.98 Å². The first kappa shape index (κ1) is 17.0. The van der Waals surface area contributed by atoms with Gasteiger partial charge in [-0.1, -0.05) is 24.8 Å². The molecule has 1 aromatic carbocycles. The number of benzene rings is 1. The number of aryl methyl sites for hydroxylation is 1. The van der Waals surface area contributed by atoms with Crippen LogP contribution >= 0.6 is 11.3 Å². The number of amides is 2. The molecule has 1 heterocycles. The SMILES string of the molecule is C.Cc1ccc(C(=O)NC2CC2)cc1NC(=O)c1cnc(N)s1. The third-order valence-electron chi connectivity index (χ3n) is 3.41. The standard InChI is InChI=1S/C15H16N4O2S.CH4/c1-8-2-3-9(13(20)18-10-4-5-10)6-11(8)19-14(21)12-7-17-15(16)22-12;/h2-3,6-7,10H,4-5H2,1H3,(H2,16,17)(H,18,20)(H,19,21);1H4. The van der Waals surface area contributed by atoms with Gasteiger partial charge in [0, 0.05) is 17.3 Å². The summed E-state index contributed by atoms with van der Waals surface area (Å²) in [6, 6.07) is 5.56. The molecule has 23 heavy (non-hydrogen) atoms. The molecule has 0 spiro atoms. The molecule has 2 aromatic rings. The van der Waals surface area contributed by atoms with E-state index >= 15 is 0 Å². The zero-order chi connectivity index (χ0) is 15.7. The predicted molar refractivity (Wildman–Crippen MR) is 92.9 cm³/mol. The Kier molecular flexibility index (Phi) is 5.00. The van der Waals surface area contributed by atoms with Gasteiger partial charge < -0.3 is 16.4 Å². The summed E-state index contributed by atoms with van der Waals surface area (Å²) < 4.78 is 0. The lowest BCUT2D eigenvalue weighted by Gasteiger charge is -2.10. The summed E-state index contributed by atoms with van der Waals surface area (Å²) in [4.78, 5) is 28.5. The molecule has 6 nitrogen and oxygen atoms in total. The second-order valence-corrected chi connectivity index (χ2v) is 6.36. The van der Waals surface area contributed by atoms with Crippen LogP contribution in [0.3, 0.4) is 0 Å². The molecule has 0 aliphatic heterocycles. The Bertz CT molecular complexity index is 737. The Morgan fingerprint density at radius 1 is 1.30 bits per heavy atom. The van der Waals surface area contributed by atoms with Crippen molar-refractivity contribution in [2.45, 2.75) is 33.2 Å². The molecule has 7 heteroatoms. The molecule has 2 amide bonds. The molecule has 0 radical (unpaired) electrons. The summed E-state index contributed by atoms with van der Waals surface area (Å²) in [5, 5.41) is 6.08. The van der Waals surface area contributed by atoms with Gasteiger partial charge >= 0.3 is 0 Å². The van der Waals surface area contributed by atoms with Crippen molar-refractivity contribution in [1.82, 2.24) is 10.3 Å². The number of rotatable bonds is 4. The van der Waals surface area contributed by atoms with E-state index in [0.29, 0.717) is 27.3 Å². The summed E-state index contributed by atoms with van der Waals surface area (Å²) in [5.41, 5.74) is 7.56. The Morgan fingerprint density at radius 2 is 2.04 bits per heavy atom. The molecule has 0 atom stereocenters. The number of hydrogen-bond donors (Lipinski definition) is 3. The van der Waals surface area contributed by atoms with E-state index in [9.17, 15) is 9.59 Å². The van der Waals surface area contributed by atoms with Gasteiger partial charge in [-0.2, -0.15) is 0 Å². The van der Waals surface area contributed by atoms with Crippen molar-refractivity contribution in [3.05, 3.63) is 40.4 Å². The number of anilines is 2. The van der Waals surface area contributed by atoms with Crippen LogP contribution < -0.4 is 16.4 Å². The lowest BCUT2D eigenvalue weighted by atomic mass is 10.1. The fourth-order valence-electron chi connectivity index (χ4n) is 1.97. The molecule has 1 aliphatic rings. The number of aromatic nitrogens is 1. The molecular weight excluding hydrogens is 312 g/mol. The quantitative estimate of drug-likeness (QED) is 0.802. The van der Waals surface area contributed by atoms with Gasteiger partial charge in [0.05, 0.1) is 6.20 Å². The Labute approximate surface area is 139 Å². The highest BCUT2D eigenvalue weighted by atomic mass is 32.1. The van der Waals surface area contributed by atoms with E-state index in [4.69, 9.17) is 5.73 Å². The van der Waals surface area contributed by atoms with Gasteiger partial charge in [-0.05, 0) is 37.5 Å². The van der Waals surface area contributed by atoms with Crippen LogP contribution in [0.2, 0.25) is 0 Å². The number of nitrogens with one attached hydrogen (secondary N) is 2. The minimum atomic E-state index is -0.281. The van der Waals surface area contributed by atoms with Crippen molar-refractivity contribution in [3.8, 4) is 0 Å². The van der Waals surface area contributed by atoms with Gasteiger partial charge in [0.1, 0.15) is 4.88 Å². The van der Waals surface area contributed by atoms with Crippen LogP contribution in [0.15, 0.2) is 24.4 Å². The van der Waals surface area contributed by atoms with E-state index < -0.39 is 0 Å². The van der Waals surface area contributed by atoms with Crippen molar-refractivity contribution in [3.63, 3.8) is 0 Å². The number of carbonyl (C=O) groups is 2. The number of nitrogen functional groups attached to an aromatic ring is 1. The monoisotopic (exact) mass is 332 g/mol. The summed E-state index contributed by atoms with van der Waals surface area (Å²) in [6.07, 6.45) is 3.51. The molecule has 122 valence electrons. The largest absolute Gasteiger partial charge is 0.375 e. The molecule has 1 aromatic heterocycles. The van der Waals surface area contributed by atoms with Crippen LogP contribution in [0.5, 0.6) is 0 Å². The number of thiazole rings is 1. The normalized spacial score (nSPS) is 13.1. The minimum absolute atomic E-state index is 0. The first-order valence-electron chi connectivity index (χ1n) is 6.97. The van der Waals surface area contributed by atoms with Crippen LogP contribution in [0, 0.1) is 6.92 Å². The number of nitrogens with zero attached hydrogens (tertiary/aromatic N) is 1. The third-order valence-corrected chi connectivity index (χ3v) is 4.23. The third kappa shape index (κ3) is 4.07. The minimum Gasteiger partial charge on any atom is -0.375 e. The molecule has 1 aliphatic carbocycles. The highest BCUT2D eigenvalue weighted by Gasteiger charge is 2.24. The van der Waals surface area contributed by atoms with E-state index in [1.165, 1.54) is 6.20 Å². The smallest absolute Gasteiger partial charge is 0.267 e. The van der Waals surface area contributed by atoms with Crippen LogP contribution in [0.25, 0.3) is 0 Å². The van der Waals surface area contributed by atoms with Crippen LogP contribution in [0.1, 0.15) is 45.9 Å². The van der Waals surface area contributed by atoms with Gasteiger partial charge in [-0.15, -0.1) is 0 Å². The van der Waals surface area contributed by atoms with E-state index in [1.807, 2.05) is 13.0 Å². The van der Waals surface area contributed by atoms with Gasteiger partial charge in [-0.3, -0.25) is 9.59 Å². The molecular formula is C16H20N4O2S. The van der Waals surface area contributed by atoms with Crippen molar-refractivity contribution in [1.29, 1.82) is 0 Å². The average molecular weight is 332 g/mol. The zero-order valence-corrected chi connectivity index (χ0v) is 12.9. The second-order valence-electron chi connectivity index (χ2n) is 5.29. The first-order valence-corrected chi connectivity index (χ1v) is 7.79. The van der Waals surface area contributed by atoms with E-state index in [1.54, 1.807) is 12.1 Å². The second kappa shape index (κ2) is 6.78. The van der Waals surface area contributed by atoms with Gasteiger partial charge in [0.15, 0.2) is 5.13 Å². The van der Waals surface area contributed by atoms with Crippen molar-refractivity contribution in [2.75, 3.05) is 11.1 Å². The highest BCUT2D eigenvalue weighted by Crippen LogP contribution is 2.22. The average Bonchev–Trinajstić information content (AvgIpc) is 3.19. The lowest BCUT2D eigenvalue weighted by Crippen LogP contribution is -2.25. The fraction of sp³-hybridized carbons (Fsp3) is 0.312. The first-order chi connectivity index (χ1) is 10.5. The molecule has 0 saturated heterocycles. The van der Waals surface area contributed by atoms with Crippen LogP contribution in [-0.2, 0) is 0 Å². The number of hydrogen-bond acceptors (Lipinski definition) is 5. The molecule has 1 fully saturated rings. The van der Waals surface area contributed by atoms with E-state index in [-0.39, 0.29) is 19.2 Å². The topological polar surface area (TPSA) is 97.1 Å². The molecule has 3 rings (SSSR count). The Balaban J connectivity index is 0.00000192. The van der Waals surface area contributed by atoms with Gasteiger partial charge in [0.25, 0.3) is 11.8 Å². The predicted octanol–water partition coefficient (Wildman–Crippen LogP) is 2.81. The molecule has 1 saturated carbocycles. The van der Waals surface area contributed by atoms with Crippen LogP contribution in [-0.4, -0.2) is 22.8 Å². The maximum atomic E-state index is 12.2. The number of carbonyl (C=O) groups excluding carboxylic acids is 2. The lowest BCUT2D eigenvalue weighted by molar-refractivity contribution is 0.0949. The maximum absolute atomic E-state index is 12.2. The maximum Gasteiger partial charge on any atom is 0.267 e. The van der Waals surface area contributed by atoms with E-state index in [2.05, 4.69) is 15.6 Å². The Morgan fingerprint density at radius 3 is 2.65 bits per heavy atom. The molecule has 0 bridgehead atoms. The number of nitrogens with two attached hydrogens (primary N) is 1. The van der Waals surface area contributed by atoms with Crippen molar-refractivity contribution in [2.24, 2.45) is 0 Å².